The summed E-state index contributed by atoms with van der Waals surface area (Å²) in [7, 11) is 0. The summed E-state index contributed by atoms with van der Waals surface area (Å²) in [6, 6.07) is 15.0. The van der Waals surface area contributed by atoms with Crippen molar-refractivity contribution >= 4 is 5.69 Å². The summed E-state index contributed by atoms with van der Waals surface area (Å²) in [6.07, 6.45) is 10.4. The van der Waals surface area contributed by atoms with Crippen molar-refractivity contribution in [3.8, 4) is 0 Å². The number of halogens is 1. The van der Waals surface area contributed by atoms with Crippen LogP contribution in [0, 0.1) is 5.82 Å². The topological polar surface area (TPSA) is 41.3 Å². The Hall–Kier alpha value is -2.66. The van der Waals surface area contributed by atoms with Gasteiger partial charge >= 0.3 is 0 Å². The number of nitrogens with zero attached hydrogens (tertiary/aromatic N) is 3. The number of aliphatic hydroxyl groups excluding tert-OH is 1. The summed E-state index contributed by atoms with van der Waals surface area (Å²) in [5, 5.41) is 14.3. The molecule has 0 saturated heterocycles. The van der Waals surface area contributed by atoms with E-state index in [4.69, 9.17) is 0 Å². The number of hydrogen-bond donors (Lipinski definition) is 1. The lowest BCUT2D eigenvalue weighted by molar-refractivity contribution is 0.280. The monoisotopic (exact) mass is 393 g/mol. The Balaban J connectivity index is 1.57. The molecule has 0 atom stereocenters. The van der Waals surface area contributed by atoms with Crippen LogP contribution in [0.4, 0.5) is 10.1 Å². The molecule has 2 aromatic carbocycles. The molecule has 1 aliphatic rings. The predicted molar refractivity (Wildman–Crippen MR) is 113 cm³/mol. The summed E-state index contributed by atoms with van der Waals surface area (Å²) in [5.74, 6) is -0.241. The molecule has 1 heterocycles. The van der Waals surface area contributed by atoms with E-state index in [0.29, 0.717) is 19.1 Å². The summed E-state index contributed by atoms with van der Waals surface area (Å²) in [4.78, 5) is 2.20. The number of anilines is 1. The van der Waals surface area contributed by atoms with E-state index in [9.17, 15) is 9.50 Å². The van der Waals surface area contributed by atoms with Crippen LogP contribution in [0.25, 0.3) is 0 Å². The van der Waals surface area contributed by atoms with Gasteiger partial charge in [0, 0.05) is 30.5 Å². The fourth-order valence-electron chi connectivity index (χ4n) is 4.19. The van der Waals surface area contributed by atoms with E-state index in [2.05, 4.69) is 20.9 Å². The van der Waals surface area contributed by atoms with Crippen molar-refractivity contribution in [1.29, 1.82) is 0 Å². The first-order valence-corrected chi connectivity index (χ1v) is 10.4. The largest absolute Gasteiger partial charge is 0.392 e. The fourth-order valence-corrected chi connectivity index (χ4v) is 4.19. The highest BCUT2D eigenvalue weighted by atomic mass is 19.1. The van der Waals surface area contributed by atoms with Crippen molar-refractivity contribution in [2.24, 2.45) is 0 Å². The minimum Gasteiger partial charge on any atom is -0.392 e. The van der Waals surface area contributed by atoms with Crippen LogP contribution in [0.15, 0.2) is 60.9 Å². The summed E-state index contributed by atoms with van der Waals surface area (Å²) in [5.41, 5.74) is 4.07. The van der Waals surface area contributed by atoms with Gasteiger partial charge in [0.25, 0.3) is 0 Å². The van der Waals surface area contributed by atoms with Crippen molar-refractivity contribution in [3.05, 3.63) is 83.4 Å². The van der Waals surface area contributed by atoms with Gasteiger partial charge in [-0.15, -0.1) is 0 Å². The molecule has 0 aliphatic heterocycles. The molecule has 1 saturated carbocycles. The number of benzene rings is 2. The highest BCUT2D eigenvalue weighted by Gasteiger charge is 2.17. The number of rotatable bonds is 7. The second-order valence-corrected chi connectivity index (χ2v) is 7.88. The molecule has 0 spiro atoms. The van der Waals surface area contributed by atoms with Crippen LogP contribution < -0.4 is 4.90 Å². The van der Waals surface area contributed by atoms with E-state index < -0.39 is 0 Å². The first-order valence-electron chi connectivity index (χ1n) is 10.4. The van der Waals surface area contributed by atoms with E-state index in [0.717, 1.165) is 22.4 Å². The molecule has 5 heteroatoms. The second kappa shape index (κ2) is 9.23. The molecule has 0 amide bonds. The smallest absolute Gasteiger partial charge is 0.123 e. The molecular formula is C24H28FN3O. The highest BCUT2D eigenvalue weighted by Crippen LogP contribution is 2.28. The van der Waals surface area contributed by atoms with E-state index in [-0.39, 0.29) is 12.4 Å². The quantitative estimate of drug-likeness (QED) is 0.598. The first-order chi connectivity index (χ1) is 14.2. The maximum absolute atomic E-state index is 13.5. The Morgan fingerprint density at radius 2 is 1.69 bits per heavy atom. The van der Waals surface area contributed by atoms with E-state index >= 15 is 0 Å². The van der Waals surface area contributed by atoms with Gasteiger partial charge in [-0.05, 0) is 48.2 Å². The predicted octanol–water partition coefficient (Wildman–Crippen LogP) is 5.23. The molecule has 3 aromatic rings. The van der Waals surface area contributed by atoms with Crippen LogP contribution in [0.1, 0.15) is 54.8 Å². The standard InChI is InChI=1S/C24H28FN3O/c25-22-10-12-23(13-11-22)27(17-20-6-4-5-7-21(20)18-29)15-19-14-26-28(16-19)24-8-2-1-3-9-24/h4-7,10-14,16,24,29H,1-3,8-9,15,17-18H2. The molecule has 1 aromatic heterocycles. The maximum Gasteiger partial charge on any atom is 0.123 e. The Bertz CT molecular complexity index is 916. The zero-order valence-corrected chi connectivity index (χ0v) is 16.7. The van der Waals surface area contributed by atoms with Gasteiger partial charge in [-0.25, -0.2) is 4.39 Å². The summed E-state index contributed by atoms with van der Waals surface area (Å²) >= 11 is 0. The van der Waals surface area contributed by atoms with Gasteiger partial charge in [-0.2, -0.15) is 5.10 Å². The van der Waals surface area contributed by atoms with E-state index in [1.165, 1.54) is 44.2 Å². The molecule has 1 aliphatic carbocycles. The third kappa shape index (κ3) is 4.85. The first kappa shape index (κ1) is 19.6. The minimum absolute atomic E-state index is 0.00699. The van der Waals surface area contributed by atoms with Crippen molar-refractivity contribution in [1.82, 2.24) is 9.78 Å². The van der Waals surface area contributed by atoms with Gasteiger partial charge in [0.1, 0.15) is 5.82 Å². The van der Waals surface area contributed by atoms with Crippen LogP contribution in [0.2, 0.25) is 0 Å². The average molecular weight is 394 g/mol. The molecule has 4 nitrogen and oxygen atoms in total. The second-order valence-electron chi connectivity index (χ2n) is 7.88. The van der Waals surface area contributed by atoms with Gasteiger partial charge in [0.2, 0.25) is 0 Å². The summed E-state index contributed by atoms with van der Waals surface area (Å²) < 4.78 is 15.6. The van der Waals surface area contributed by atoms with Gasteiger partial charge in [0.15, 0.2) is 0 Å². The van der Waals surface area contributed by atoms with Crippen LogP contribution in [-0.2, 0) is 19.7 Å². The normalized spacial score (nSPS) is 14.8. The van der Waals surface area contributed by atoms with Crippen LogP contribution in [0.3, 0.4) is 0 Å². The minimum atomic E-state index is -0.241. The molecule has 152 valence electrons. The lowest BCUT2D eigenvalue weighted by Crippen LogP contribution is -2.22. The SMILES string of the molecule is OCc1ccccc1CN(Cc1cnn(C2CCCCC2)c1)c1ccc(F)cc1. The zero-order chi connectivity index (χ0) is 20.1. The molecule has 0 radical (unpaired) electrons. The van der Waals surface area contributed by atoms with Crippen LogP contribution in [-0.4, -0.2) is 14.9 Å². The average Bonchev–Trinajstić information content (AvgIpc) is 3.23. The lowest BCUT2D eigenvalue weighted by Gasteiger charge is -2.26. The Labute approximate surface area is 171 Å². The number of hydrogen-bond acceptors (Lipinski definition) is 3. The Morgan fingerprint density at radius 1 is 0.966 bits per heavy atom. The molecule has 1 N–H and O–H groups in total. The van der Waals surface area contributed by atoms with Gasteiger partial charge in [-0.1, -0.05) is 43.5 Å². The third-order valence-corrected chi connectivity index (χ3v) is 5.82. The van der Waals surface area contributed by atoms with E-state index in [1.54, 1.807) is 0 Å². The Morgan fingerprint density at radius 3 is 2.41 bits per heavy atom. The fraction of sp³-hybridized carbons (Fsp3) is 0.375. The van der Waals surface area contributed by atoms with Gasteiger partial charge < -0.3 is 10.0 Å². The van der Waals surface area contributed by atoms with Crippen molar-refractivity contribution in [2.45, 2.75) is 57.8 Å². The maximum atomic E-state index is 13.5. The number of aromatic nitrogens is 2. The Kier molecular flexibility index (Phi) is 6.25. The molecule has 4 rings (SSSR count). The molecule has 1 fully saturated rings. The van der Waals surface area contributed by atoms with Crippen LogP contribution in [0.5, 0.6) is 0 Å². The van der Waals surface area contributed by atoms with Gasteiger partial charge in [-0.3, -0.25) is 4.68 Å². The molecule has 0 bridgehead atoms. The molecule has 29 heavy (non-hydrogen) atoms. The lowest BCUT2D eigenvalue weighted by atomic mass is 9.96. The van der Waals surface area contributed by atoms with Gasteiger partial charge in [0.05, 0.1) is 18.8 Å². The van der Waals surface area contributed by atoms with Crippen molar-refractivity contribution in [2.75, 3.05) is 4.90 Å². The van der Waals surface area contributed by atoms with E-state index in [1.807, 2.05) is 42.6 Å². The zero-order valence-electron chi connectivity index (χ0n) is 16.7. The van der Waals surface area contributed by atoms with Crippen LogP contribution >= 0.6 is 0 Å². The molecular weight excluding hydrogens is 365 g/mol. The number of aliphatic hydroxyl groups is 1. The highest BCUT2D eigenvalue weighted by molar-refractivity contribution is 5.48. The third-order valence-electron chi connectivity index (χ3n) is 5.82. The summed E-state index contributed by atoms with van der Waals surface area (Å²) in [6.45, 7) is 1.32. The molecule has 0 unspecified atom stereocenters. The van der Waals surface area contributed by atoms with Crippen molar-refractivity contribution in [3.63, 3.8) is 0 Å². The van der Waals surface area contributed by atoms with Crippen molar-refractivity contribution < 1.29 is 9.50 Å².